The lowest BCUT2D eigenvalue weighted by Crippen LogP contribution is -2.50. The van der Waals surface area contributed by atoms with E-state index in [0.717, 1.165) is 32.2 Å². The van der Waals surface area contributed by atoms with E-state index in [1.165, 1.54) is 6.42 Å². The summed E-state index contributed by atoms with van der Waals surface area (Å²) in [6.07, 6.45) is 5.98. The van der Waals surface area contributed by atoms with E-state index in [2.05, 4.69) is 15.7 Å². The summed E-state index contributed by atoms with van der Waals surface area (Å²) in [5.41, 5.74) is 5.71. The number of amidine groups is 1. The Bertz CT molecular complexity index is 642. The SMILES string of the molecule is CCOC(=O)CCC(=O)NCCOC(=O)C1CC2CC(CC/C(N)=N/N)CCC2CN1. The van der Waals surface area contributed by atoms with E-state index in [1.807, 2.05) is 0 Å². The molecule has 1 aliphatic carbocycles. The van der Waals surface area contributed by atoms with Gasteiger partial charge in [-0.2, -0.15) is 5.10 Å². The first-order valence-electron chi connectivity index (χ1n) is 11.3. The zero-order valence-electron chi connectivity index (χ0n) is 18.4. The van der Waals surface area contributed by atoms with Gasteiger partial charge in [-0.15, -0.1) is 0 Å². The van der Waals surface area contributed by atoms with Crippen molar-refractivity contribution in [1.29, 1.82) is 0 Å². The molecule has 6 N–H and O–H groups in total. The number of carbonyl (C=O) groups is 3. The number of rotatable bonds is 11. The van der Waals surface area contributed by atoms with Gasteiger partial charge < -0.3 is 31.7 Å². The van der Waals surface area contributed by atoms with Crippen LogP contribution in [0.5, 0.6) is 0 Å². The lowest BCUT2D eigenvalue weighted by molar-refractivity contribution is -0.148. The molecule has 10 heteroatoms. The molecule has 1 saturated heterocycles. The van der Waals surface area contributed by atoms with Crippen molar-refractivity contribution in [3.63, 3.8) is 0 Å². The molecule has 4 atom stereocenters. The molecule has 0 bridgehead atoms. The van der Waals surface area contributed by atoms with Crippen LogP contribution in [0.3, 0.4) is 0 Å². The molecule has 1 saturated carbocycles. The Kier molecular flexibility index (Phi) is 10.6. The number of fused-ring (bicyclic) bond motifs is 1. The molecule has 10 nitrogen and oxygen atoms in total. The number of carbonyl (C=O) groups excluding carboxylic acids is 3. The minimum absolute atomic E-state index is 0.0423. The molecule has 176 valence electrons. The van der Waals surface area contributed by atoms with Gasteiger partial charge in [0.15, 0.2) is 0 Å². The Balaban J connectivity index is 1.64. The molecule has 4 unspecified atom stereocenters. The van der Waals surface area contributed by atoms with Crippen LogP contribution in [0.25, 0.3) is 0 Å². The fourth-order valence-corrected chi connectivity index (χ4v) is 4.50. The molecular weight excluding hydrogens is 402 g/mol. The lowest BCUT2D eigenvalue weighted by atomic mass is 9.69. The van der Waals surface area contributed by atoms with Gasteiger partial charge in [-0.3, -0.25) is 14.4 Å². The molecule has 31 heavy (non-hydrogen) atoms. The number of nitrogens with one attached hydrogen (secondary N) is 2. The van der Waals surface area contributed by atoms with Crippen LogP contribution in [0.2, 0.25) is 0 Å². The van der Waals surface area contributed by atoms with E-state index >= 15 is 0 Å². The van der Waals surface area contributed by atoms with Crippen LogP contribution in [-0.2, 0) is 23.9 Å². The number of ether oxygens (including phenoxy) is 2. The van der Waals surface area contributed by atoms with E-state index in [-0.39, 0.29) is 43.9 Å². The number of hydrogen-bond donors (Lipinski definition) is 4. The Hall–Kier alpha value is -2.36. The second-order valence-corrected chi connectivity index (χ2v) is 8.38. The summed E-state index contributed by atoms with van der Waals surface area (Å²) in [7, 11) is 0. The highest BCUT2D eigenvalue weighted by Gasteiger charge is 2.38. The molecule has 0 radical (unpaired) electrons. The number of esters is 2. The van der Waals surface area contributed by atoms with E-state index in [4.69, 9.17) is 21.1 Å². The standard InChI is InChI=1S/C21H37N5O5/c1-2-30-20(28)8-7-19(27)24-9-10-31-21(29)17-12-16-11-14(4-6-18(22)26-23)3-5-15(16)13-25-17/h14-17,25H,2-13,23H2,1H3,(H2,22,26)(H,24,27). The monoisotopic (exact) mass is 439 g/mol. The zero-order chi connectivity index (χ0) is 22.6. The Labute approximate surface area is 183 Å². The highest BCUT2D eigenvalue weighted by atomic mass is 16.5. The second-order valence-electron chi connectivity index (χ2n) is 8.38. The van der Waals surface area contributed by atoms with Crippen LogP contribution in [0.1, 0.15) is 58.3 Å². The number of nitrogens with zero attached hydrogens (tertiary/aromatic N) is 1. The predicted octanol–water partition coefficient (Wildman–Crippen LogP) is 0.395. The van der Waals surface area contributed by atoms with Gasteiger partial charge >= 0.3 is 11.9 Å². The maximum absolute atomic E-state index is 12.4. The van der Waals surface area contributed by atoms with E-state index in [9.17, 15) is 14.4 Å². The molecule has 2 aliphatic rings. The Morgan fingerprint density at radius 2 is 1.90 bits per heavy atom. The van der Waals surface area contributed by atoms with Gasteiger partial charge in [0.2, 0.25) is 5.91 Å². The molecule has 0 spiro atoms. The fourth-order valence-electron chi connectivity index (χ4n) is 4.50. The largest absolute Gasteiger partial charge is 0.466 e. The van der Waals surface area contributed by atoms with Crippen LogP contribution >= 0.6 is 0 Å². The van der Waals surface area contributed by atoms with Gasteiger partial charge in [0, 0.05) is 12.8 Å². The summed E-state index contributed by atoms with van der Waals surface area (Å²) >= 11 is 0. The first-order valence-corrected chi connectivity index (χ1v) is 11.3. The molecule has 0 aromatic carbocycles. The molecule has 1 amide bonds. The van der Waals surface area contributed by atoms with Crippen LogP contribution in [0.15, 0.2) is 5.10 Å². The third-order valence-electron chi connectivity index (χ3n) is 6.20. The van der Waals surface area contributed by atoms with Crippen LogP contribution in [-0.4, -0.2) is 56.0 Å². The maximum atomic E-state index is 12.4. The molecule has 0 aromatic heterocycles. The van der Waals surface area contributed by atoms with Gasteiger partial charge in [-0.05, 0) is 56.9 Å². The number of piperidine rings is 1. The van der Waals surface area contributed by atoms with Gasteiger partial charge in [-0.25, -0.2) is 0 Å². The van der Waals surface area contributed by atoms with Crippen molar-refractivity contribution in [1.82, 2.24) is 10.6 Å². The topological polar surface area (TPSA) is 158 Å². The first kappa shape index (κ1) is 24.9. The third-order valence-corrected chi connectivity index (χ3v) is 6.20. The molecule has 1 heterocycles. The van der Waals surface area contributed by atoms with Crippen molar-refractivity contribution in [2.45, 2.75) is 64.3 Å². The highest BCUT2D eigenvalue weighted by Crippen LogP contribution is 2.40. The average molecular weight is 440 g/mol. The average Bonchev–Trinajstić information content (AvgIpc) is 2.78. The van der Waals surface area contributed by atoms with Crippen molar-refractivity contribution in [2.75, 3.05) is 26.3 Å². The van der Waals surface area contributed by atoms with Crippen molar-refractivity contribution in [2.24, 2.45) is 34.4 Å². The van der Waals surface area contributed by atoms with Gasteiger partial charge in [0.05, 0.1) is 19.6 Å². The fraction of sp³-hybridized carbons (Fsp3) is 0.810. The van der Waals surface area contributed by atoms with Crippen molar-refractivity contribution < 1.29 is 23.9 Å². The zero-order valence-corrected chi connectivity index (χ0v) is 18.4. The third kappa shape index (κ3) is 8.72. The molecule has 0 aromatic rings. The van der Waals surface area contributed by atoms with E-state index in [0.29, 0.717) is 36.6 Å². The summed E-state index contributed by atoms with van der Waals surface area (Å²) in [5.74, 6) is 6.44. The molecule has 2 fully saturated rings. The van der Waals surface area contributed by atoms with Crippen molar-refractivity contribution in [3.8, 4) is 0 Å². The van der Waals surface area contributed by atoms with Crippen molar-refractivity contribution in [3.05, 3.63) is 0 Å². The van der Waals surface area contributed by atoms with Crippen LogP contribution < -0.4 is 22.2 Å². The molecular formula is C21H37N5O5. The summed E-state index contributed by atoms with van der Waals surface area (Å²) in [4.78, 5) is 35.4. The Morgan fingerprint density at radius 1 is 1.10 bits per heavy atom. The van der Waals surface area contributed by atoms with Crippen LogP contribution in [0, 0.1) is 17.8 Å². The normalized spacial score (nSPS) is 25.9. The highest BCUT2D eigenvalue weighted by molar-refractivity contribution is 5.81. The van der Waals surface area contributed by atoms with Crippen LogP contribution in [0.4, 0.5) is 0 Å². The number of nitrogens with two attached hydrogens (primary N) is 2. The lowest BCUT2D eigenvalue weighted by Gasteiger charge is -2.42. The predicted molar refractivity (Wildman–Crippen MR) is 116 cm³/mol. The van der Waals surface area contributed by atoms with Gasteiger partial charge in [0.1, 0.15) is 18.5 Å². The maximum Gasteiger partial charge on any atom is 0.323 e. The smallest absolute Gasteiger partial charge is 0.323 e. The van der Waals surface area contributed by atoms with Crippen molar-refractivity contribution >= 4 is 23.7 Å². The summed E-state index contributed by atoms with van der Waals surface area (Å²) in [6.45, 7) is 3.17. The number of hydrazone groups is 1. The van der Waals surface area contributed by atoms with Gasteiger partial charge in [0.25, 0.3) is 0 Å². The molecule has 2 rings (SSSR count). The Morgan fingerprint density at radius 3 is 2.65 bits per heavy atom. The summed E-state index contributed by atoms with van der Waals surface area (Å²) in [6, 6.07) is -0.310. The first-order chi connectivity index (χ1) is 14.9. The number of amides is 1. The van der Waals surface area contributed by atoms with E-state index < -0.39 is 5.97 Å². The number of hydrogen-bond acceptors (Lipinski definition) is 8. The van der Waals surface area contributed by atoms with E-state index in [1.54, 1.807) is 6.92 Å². The second kappa shape index (κ2) is 13.1. The van der Waals surface area contributed by atoms with Gasteiger partial charge in [-0.1, -0.05) is 6.42 Å². The minimum atomic E-state index is -0.397. The summed E-state index contributed by atoms with van der Waals surface area (Å²) < 4.78 is 10.1. The summed E-state index contributed by atoms with van der Waals surface area (Å²) in [5, 5.41) is 9.50. The quantitative estimate of drug-likeness (QED) is 0.0899. The molecule has 1 aliphatic heterocycles. The minimum Gasteiger partial charge on any atom is -0.466 e.